The molecular weight excluding hydrogens is 529 g/mol. The minimum absolute atomic E-state index is 0.0880. The molecule has 1 aromatic heterocycles. The highest BCUT2D eigenvalue weighted by Crippen LogP contribution is 2.34. The van der Waals surface area contributed by atoms with Crippen molar-refractivity contribution < 1.29 is 23.1 Å². The van der Waals surface area contributed by atoms with Gasteiger partial charge < -0.3 is 15.3 Å². The zero-order valence-corrected chi connectivity index (χ0v) is 21.8. The van der Waals surface area contributed by atoms with Gasteiger partial charge in [-0.15, -0.1) is 0 Å². The second kappa shape index (κ2) is 13.3. The zero-order chi connectivity index (χ0) is 27.8. The summed E-state index contributed by atoms with van der Waals surface area (Å²) >= 11 is 6.49. The topological polar surface area (TPSA) is 68.7 Å². The summed E-state index contributed by atoms with van der Waals surface area (Å²) in [4.78, 5) is 19.6. The van der Waals surface area contributed by atoms with Crippen LogP contribution in [0.2, 0.25) is 5.02 Å². The third-order valence-corrected chi connectivity index (χ3v) is 6.82. The highest BCUT2D eigenvalue weighted by atomic mass is 35.5. The fraction of sp³-hybridized carbons (Fsp3) is 0.241. The van der Waals surface area contributed by atoms with Gasteiger partial charge in [-0.1, -0.05) is 48.0 Å². The molecule has 0 saturated carbocycles. The molecule has 1 saturated heterocycles. The Labute approximate surface area is 229 Å². The number of aromatic nitrogens is 1. The largest absolute Gasteiger partial charge is 0.480 e. The van der Waals surface area contributed by atoms with Crippen LogP contribution in [0.15, 0.2) is 72.9 Å². The lowest BCUT2D eigenvalue weighted by atomic mass is 10.0. The molecule has 2 N–H and O–H groups in total. The van der Waals surface area contributed by atoms with Gasteiger partial charge in [0, 0.05) is 55.6 Å². The smallest absolute Gasteiger partial charge is 0.317 e. The molecule has 6 nitrogen and oxygen atoms in total. The average Bonchev–Trinajstić information content (AvgIpc) is 2.94. The van der Waals surface area contributed by atoms with Gasteiger partial charge in [0.25, 0.3) is 0 Å². The predicted octanol–water partition coefficient (Wildman–Crippen LogP) is 6.40. The Hall–Kier alpha value is -3.82. The molecule has 0 bridgehead atoms. The van der Waals surface area contributed by atoms with Gasteiger partial charge in [0.1, 0.15) is 5.82 Å². The van der Waals surface area contributed by atoms with Crippen molar-refractivity contribution in [3.8, 4) is 11.1 Å². The van der Waals surface area contributed by atoms with Crippen molar-refractivity contribution in [2.45, 2.75) is 6.54 Å². The Balaban J connectivity index is 0.00000112. The van der Waals surface area contributed by atoms with E-state index in [1.54, 1.807) is 18.3 Å². The van der Waals surface area contributed by atoms with Crippen LogP contribution in [0.5, 0.6) is 0 Å². The number of aliphatic carboxylic acids is 1. The number of anilines is 2. The molecule has 0 amide bonds. The molecule has 3 aromatic carbocycles. The zero-order valence-electron chi connectivity index (χ0n) is 21.1. The second-order valence-electron chi connectivity index (χ2n) is 8.96. The molecule has 0 radical (unpaired) electrons. The van der Waals surface area contributed by atoms with E-state index in [0.717, 1.165) is 59.6 Å². The number of nitrogens with one attached hydrogen (secondary N) is 1. The molecule has 39 heavy (non-hydrogen) atoms. The van der Waals surface area contributed by atoms with Crippen molar-refractivity contribution in [1.29, 1.82) is 0 Å². The number of nitrogens with zero attached hydrogens (tertiary/aromatic N) is 3. The standard InChI is InChI=1S/C28H26ClFN4O2.CH2F2/c29-24-17-31-26-10-7-20(15-23(26)28(24)32-16-21-3-1-2-4-25(21)30)19-5-8-22(9-6-19)34-13-11-33(12-14-34)18-27(35)36;2-1-3/h1-10,15,17H,11-14,16,18H2,(H,31,32)(H,35,36);1H2. The summed E-state index contributed by atoms with van der Waals surface area (Å²) in [5, 5.41) is 13.6. The number of carboxylic acids is 1. The lowest BCUT2D eigenvalue weighted by Crippen LogP contribution is -2.47. The fourth-order valence-corrected chi connectivity index (χ4v) is 4.79. The predicted molar refractivity (Wildman–Crippen MR) is 149 cm³/mol. The van der Waals surface area contributed by atoms with Crippen LogP contribution in [-0.2, 0) is 11.3 Å². The monoisotopic (exact) mass is 556 g/mol. The summed E-state index contributed by atoms with van der Waals surface area (Å²) in [6.07, 6.45) is 1.61. The van der Waals surface area contributed by atoms with Gasteiger partial charge in [0.2, 0.25) is 6.93 Å². The molecule has 1 aliphatic heterocycles. The summed E-state index contributed by atoms with van der Waals surface area (Å²) in [6, 6.07) is 21.1. The molecule has 0 aliphatic carbocycles. The van der Waals surface area contributed by atoms with Gasteiger partial charge >= 0.3 is 5.97 Å². The SMILES string of the molecule is FCF.O=C(O)CN1CCN(c2ccc(-c3ccc4ncc(Cl)c(NCc5ccccc5F)c4c3)cc2)CC1. The van der Waals surface area contributed by atoms with Gasteiger partial charge in [0.05, 0.1) is 22.8 Å². The molecular formula is C29H28ClF3N4O2. The number of halogens is 4. The molecule has 0 unspecified atom stereocenters. The maximum atomic E-state index is 14.1. The number of fused-ring (bicyclic) bond motifs is 1. The lowest BCUT2D eigenvalue weighted by molar-refractivity contribution is -0.138. The van der Waals surface area contributed by atoms with Crippen LogP contribution in [0.4, 0.5) is 24.5 Å². The maximum Gasteiger partial charge on any atom is 0.317 e. The molecule has 0 atom stereocenters. The normalized spacial score (nSPS) is 13.6. The van der Waals surface area contributed by atoms with Crippen molar-refractivity contribution in [3.63, 3.8) is 0 Å². The van der Waals surface area contributed by atoms with E-state index in [1.165, 1.54) is 6.07 Å². The Morgan fingerprint density at radius 2 is 1.64 bits per heavy atom. The Morgan fingerprint density at radius 3 is 2.31 bits per heavy atom. The Bertz CT molecular complexity index is 1410. The van der Waals surface area contributed by atoms with Crippen molar-refractivity contribution in [2.75, 3.05) is 49.9 Å². The van der Waals surface area contributed by atoms with E-state index in [9.17, 15) is 18.0 Å². The minimum atomic E-state index is -1.75. The summed E-state index contributed by atoms with van der Waals surface area (Å²) in [7, 11) is 0. The number of pyridine rings is 1. The summed E-state index contributed by atoms with van der Waals surface area (Å²) in [6.45, 7) is 1.70. The number of hydrogen-bond acceptors (Lipinski definition) is 5. The quantitative estimate of drug-likeness (QED) is 0.275. The molecule has 204 valence electrons. The van der Waals surface area contributed by atoms with Crippen LogP contribution in [0.3, 0.4) is 0 Å². The van der Waals surface area contributed by atoms with Crippen LogP contribution in [-0.4, -0.2) is 60.6 Å². The molecule has 4 aromatic rings. The number of benzene rings is 3. The van der Waals surface area contributed by atoms with E-state index in [-0.39, 0.29) is 12.4 Å². The number of rotatable bonds is 7. The van der Waals surface area contributed by atoms with E-state index >= 15 is 0 Å². The van der Waals surface area contributed by atoms with Crippen LogP contribution < -0.4 is 10.2 Å². The minimum Gasteiger partial charge on any atom is -0.480 e. The van der Waals surface area contributed by atoms with Gasteiger partial charge in [-0.25, -0.2) is 13.2 Å². The molecule has 5 rings (SSSR count). The molecule has 1 aliphatic rings. The van der Waals surface area contributed by atoms with Gasteiger partial charge in [-0.05, 0) is 41.5 Å². The Morgan fingerprint density at radius 1 is 0.974 bits per heavy atom. The molecule has 2 heterocycles. The van der Waals surface area contributed by atoms with Crippen molar-refractivity contribution in [1.82, 2.24) is 9.88 Å². The molecule has 10 heteroatoms. The van der Waals surface area contributed by atoms with Crippen molar-refractivity contribution >= 4 is 39.8 Å². The van der Waals surface area contributed by atoms with Gasteiger partial charge in [-0.2, -0.15) is 0 Å². The first-order valence-corrected chi connectivity index (χ1v) is 12.7. The molecule has 1 fully saturated rings. The first kappa shape index (κ1) is 28.2. The summed E-state index contributed by atoms with van der Waals surface area (Å²) in [5.74, 6) is -1.05. The first-order chi connectivity index (χ1) is 18.9. The second-order valence-corrected chi connectivity index (χ2v) is 9.37. The number of alkyl halides is 2. The summed E-state index contributed by atoms with van der Waals surface area (Å²) < 4.78 is 33.4. The van der Waals surface area contributed by atoms with Crippen molar-refractivity contribution in [2.24, 2.45) is 0 Å². The third kappa shape index (κ3) is 7.19. The van der Waals surface area contributed by atoms with Crippen LogP contribution in [0.1, 0.15) is 5.56 Å². The highest BCUT2D eigenvalue weighted by Gasteiger charge is 2.19. The third-order valence-electron chi connectivity index (χ3n) is 6.53. The highest BCUT2D eigenvalue weighted by molar-refractivity contribution is 6.34. The first-order valence-electron chi connectivity index (χ1n) is 12.4. The Kier molecular flexibility index (Phi) is 9.62. The van der Waals surface area contributed by atoms with E-state index in [1.807, 2.05) is 23.1 Å². The molecule has 0 spiro atoms. The van der Waals surface area contributed by atoms with Crippen LogP contribution in [0, 0.1) is 5.82 Å². The maximum absolute atomic E-state index is 14.1. The van der Waals surface area contributed by atoms with E-state index in [0.29, 0.717) is 17.1 Å². The van der Waals surface area contributed by atoms with E-state index in [4.69, 9.17) is 16.7 Å². The van der Waals surface area contributed by atoms with E-state index < -0.39 is 12.9 Å². The van der Waals surface area contributed by atoms with Crippen LogP contribution in [0.25, 0.3) is 22.0 Å². The number of piperazine rings is 1. The number of hydrogen-bond donors (Lipinski definition) is 2. The van der Waals surface area contributed by atoms with Crippen molar-refractivity contribution in [3.05, 3.63) is 89.3 Å². The fourth-order valence-electron chi connectivity index (χ4n) is 4.57. The number of carboxylic acid groups (broad SMARTS) is 1. The summed E-state index contributed by atoms with van der Waals surface area (Å²) in [5.41, 5.74) is 5.29. The van der Waals surface area contributed by atoms with Crippen LogP contribution >= 0.6 is 11.6 Å². The number of carbonyl (C=O) groups is 1. The van der Waals surface area contributed by atoms with Gasteiger partial charge in [0.15, 0.2) is 0 Å². The average molecular weight is 557 g/mol. The van der Waals surface area contributed by atoms with Gasteiger partial charge in [-0.3, -0.25) is 14.7 Å². The lowest BCUT2D eigenvalue weighted by Gasteiger charge is -2.35. The van der Waals surface area contributed by atoms with E-state index in [2.05, 4.69) is 45.5 Å².